The fourth-order valence-corrected chi connectivity index (χ4v) is 5.05. The van der Waals surface area contributed by atoms with E-state index in [9.17, 15) is 13.2 Å². The topological polar surface area (TPSA) is 75.7 Å². The molecule has 1 aliphatic heterocycles. The van der Waals surface area contributed by atoms with Crippen molar-refractivity contribution in [2.24, 2.45) is 0 Å². The maximum Gasteiger partial charge on any atom is 0.263 e. The summed E-state index contributed by atoms with van der Waals surface area (Å²) in [4.78, 5) is 13.0. The van der Waals surface area contributed by atoms with Crippen LogP contribution in [0.15, 0.2) is 48.5 Å². The van der Waals surface area contributed by atoms with Crippen LogP contribution in [0.25, 0.3) is 0 Å². The first-order valence-electron chi connectivity index (χ1n) is 9.64. The van der Waals surface area contributed by atoms with Gasteiger partial charge in [-0.25, -0.2) is 8.42 Å². The maximum absolute atomic E-state index is 13.0. The molecule has 1 amide bonds. The summed E-state index contributed by atoms with van der Waals surface area (Å²) < 4.78 is 32.3. The van der Waals surface area contributed by atoms with Gasteiger partial charge >= 0.3 is 0 Å². The predicted molar refractivity (Wildman–Crippen MR) is 108 cm³/mol. The summed E-state index contributed by atoms with van der Waals surface area (Å²) in [5.41, 5.74) is 2.87. The van der Waals surface area contributed by atoms with Crippen molar-refractivity contribution in [2.75, 3.05) is 16.6 Å². The molecule has 0 radical (unpaired) electrons. The molecule has 0 bridgehead atoms. The van der Waals surface area contributed by atoms with Crippen LogP contribution in [-0.2, 0) is 21.2 Å². The van der Waals surface area contributed by atoms with E-state index in [-0.39, 0.29) is 24.2 Å². The number of aryl methyl sites for hydroxylation is 1. The van der Waals surface area contributed by atoms with Gasteiger partial charge in [0.2, 0.25) is 10.0 Å². The van der Waals surface area contributed by atoms with Crippen molar-refractivity contribution >= 4 is 21.6 Å². The van der Waals surface area contributed by atoms with Crippen molar-refractivity contribution in [2.45, 2.75) is 38.3 Å². The van der Waals surface area contributed by atoms with Gasteiger partial charge in [0, 0.05) is 0 Å². The Morgan fingerprint density at radius 1 is 1.18 bits per heavy atom. The van der Waals surface area contributed by atoms with E-state index in [2.05, 4.69) is 11.4 Å². The minimum atomic E-state index is -3.51. The fraction of sp³-hybridized carbons (Fsp3) is 0.381. The number of fused-ring (bicyclic) bond motifs is 2. The predicted octanol–water partition coefficient (Wildman–Crippen LogP) is 2.80. The number of anilines is 1. The summed E-state index contributed by atoms with van der Waals surface area (Å²) in [5, 5.41) is 3.08. The zero-order valence-electron chi connectivity index (χ0n) is 15.8. The van der Waals surface area contributed by atoms with E-state index in [1.54, 1.807) is 31.2 Å². The molecule has 2 aromatic carbocycles. The molecule has 2 aliphatic rings. The summed E-state index contributed by atoms with van der Waals surface area (Å²) in [5.74, 6) is 0.0913. The van der Waals surface area contributed by atoms with Gasteiger partial charge in [0.25, 0.3) is 5.91 Å². The number of benzene rings is 2. The van der Waals surface area contributed by atoms with E-state index in [4.69, 9.17) is 4.74 Å². The average molecular weight is 401 g/mol. The van der Waals surface area contributed by atoms with Gasteiger partial charge < -0.3 is 10.1 Å². The van der Waals surface area contributed by atoms with Crippen LogP contribution in [0.4, 0.5) is 5.69 Å². The van der Waals surface area contributed by atoms with Gasteiger partial charge in [0.05, 0.1) is 24.0 Å². The van der Waals surface area contributed by atoms with Gasteiger partial charge in [-0.05, 0) is 49.4 Å². The largest absolute Gasteiger partial charge is 0.476 e. The Labute approximate surface area is 165 Å². The second-order valence-corrected chi connectivity index (χ2v) is 9.34. The first-order valence-corrected chi connectivity index (χ1v) is 11.2. The van der Waals surface area contributed by atoms with E-state index < -0.39 is 16.1 Å². The third-order valence-corrected chi connectivity index (χ3v) is 7.16. The lowest BCUT2D eigenvalue weighted by molar-refractivity contribution is -0.128. The molecule has 0 saturated carbocycles. The van der Waals surface area contributed by atoms with Crippen molar-refractivity contribution in [3.05, 3.63) is 59.7 Å². The van der Waals surface area contributed by atoms with Crippen LogP contribution in [0.5, 0.6) is 5.75 Å². The summed E-state index contributed by atoms with van der Waals surface area (Å²) in [7, 11) is -3.51. The Kier molecular flexibility index (Phi) is 5.02. The van der Waals surface area contributed by atoms with Crippen LogP contribution in [0.1, 0.15) is 36.9 Å². The summed E-state index contributed by atoms with van der Waals surface area (Å²) in [6, 6.07) is 15.0. The molecular weight excluding hydrogens is 376 g/mol. The number of sulfonamides is 1. The smallest absolute Gasteiger partial charge is 0.263 e. The van der Waals surface area contributed by atoms with Crippen molar-refractivity contribution in [3.8, 4) is 5.75 Å². The number of rotatable bonds is 4. The fourth-order valence-electron chi connectivity index (χ4n) is 3.93. The number of carbonyl (C=O) groups is 1. The van der Waals surface area contributed by atoms with Gasteiger partial charge in [0.15, 0.2) is 6.10 Å². The van der Waals surface area contributed by atoms with E-state index in [0.29, 0.717) is 11.4 Å². The number of hydrogen-bond acceptors (Lipinski definition) is 4. The molecule has 7 heteroatoms. The number of hydrogen-bond donors (Lipinski definition) is 1. The molecule has 0 unspecified atom stereocenters. The number of carbonyl (C=O) groups excluding carboxylic acids is 1. The zero-order chi connectivity index (χ0) is 19.7. The number of amides is 1. The van der Waals surface area contributed by atoms with Gasteiger partial charge in [0.1, 0.15) is 5.75 Å². The average Bonchev–Trinajstić information content (AvgIpc) is 2.73. The van der Waals surface area contributed by atoms with Crippen molar-refractivity contribution in [1.29, 1.82) is 0 Å². The maximum atomic E-state index is 13.0. The minimum Gasteiger partial charge on any atom is -0.476 e. The Bertz CT molecular complexity index is 989. The molecule has 2 aromatic rings. The van der Waals surface area contributed by atoms with E-state index >= 15 is 0 Å². The lowest BCUT2D eigenvalue weighted by Gasteiger charge is -2.35. The van der Waals surface area contributed by atoms with Crippen LogP contribution >= 0.6 is 0 Å². The summed E-state index contributed by atoms with van der Waals surface area (Å²) in [6.45, 7) is 1.58. The van der Waals surface area contributed by atoms with Crippen molar-refractivity contribution in [3.63, 3.8) is 0 Å². The standard InChI is InChI=1S/C21H24N2O4S/c1-2-28(25,26)23-14-20(27-19-13-6-5-12-18(19)23)21(24)22-17-11-7-9-15-8-3-4-10-16(15)17/h3-6,8,10,12-13,17,20H,2,7,9,11,14H2,1H3,(H,22,24)/t17-,20-/m0/s1. The second kappa shape index (κ2) is 7.47. The number of para-hydroxylation sites is 2. The Morgan fingerprint density at radius 2 is 1.93 bits per heavy atom. The third kappa shape index (κ3) is 3.46. The molecule has 6 nitrogen and oxygen atoms in total. The van der Waals surface area contributed by atoms with Gasteiger partial charge in [-0.1, -0.05) is 36.4 Å². The van der Waals surface area contributed by atoms with Gasteiger partial charge in [-0.2, -0.15) is 0 Å². The molecule has 1 heterocycles. The van der Waals surface area contributed by atoms with Crippen LogP contribution in [0.2, 0.25) is 0 Å². The highest BCUT2D eigenvalue weighted by atomic mass is 32.2. The van der Waals surface area contributed by atoms with Gasteiger partial charge in [-0.15, -0.1) is 0 Å². The summed E-state index contributed by atoms with van der Waals surface area (Å²) >= 11 is 0. The minimum absolute atomic E-state index is 0.0204. The molecule has 1 aliphatic carbocycles. The van der Waals surface area contributed by atoms with Crippen LogP contribution in [-0.4, -0.2) is 32.7 Å². The lowest BCUT2D eigenvalue weighted by Crippen LogP contribution is -2.51. The molecule has 28 heavy (non-hydrogen) atoms. The normalized spacial score (nSPS) is 21.2. The Hall–Kier alpha value is -2.54. The number of ether oxygens (including phenoxy) is 1. The molecule has 148 valence electrons. The lowest BCUT2D eigenvalue weighted by atomic mass is 9.87. The first-order chi connectivity index (χ1) is 13.5. The molecular formula is C21H24N2O4S. The van der Waals surface area contributed by atoms with E-state index in [1.165, 1.54) is 9.87 Å². The molecule has 1 N–H and O–H groups in total. The second-order valence-electron chi connectivity index (χ2n) is 7.16. The molecule has 0 spiro atoms. The molecule has 0 fully saturated rings. The van der Waals surface area contributed by atoms with Crippen LogP contribution in [0, 0.1) is 0 Å². The van der Waals surface area contributed by atoms with E-state index in [0.717, 1.165) is 24.8 Å². The molecule has 2 atom stereocenters. The highest BCUT2D eigenvalue weighted by Gasteiger charge is 2.37. The summed E-state index contributed by atoms with van der Waals surface area (Å²) in [6.07, 6.45) is 2.00. The Balaban J connectivity index is 1.58. The zero-order valence-corrected chi connectivity index (χ0v) is 16.6. The first kappa shape index (κ1) is 18.8. The third-order valence-electron chi connectivity index (χ3n) is 5.41. The van der Waals surface area contributed by atoms with Crippen molar-refractivity contribution in [1.82, 2.24) is 5.32 Å². The highest BCUT2D eigenvalue weighted by Crippen LogP contribution is 2.35. The van der Waals surface area contributed by atoms with Gasteiger partial charge in [-0.3, -0.25) is 9.10 Å². The van der Waals surface area contributed by atoms with Crippen LogP contribution < -0.4 is 14.4 Å². The van der Waals surface area contributed by atoms with E-state index in [1.807, 2.05) is 18.2 Å². The van der Waals surface area contributed by atoms with Crippen molar-refractivity contribution < 1.29 is 17.9 Å². The molecule has 4 rings (SSSR count). The number of nitrogens with zero attached hydrogens (tertiary/aromatic N) is 1. The number of nitrogens with one attached hydrogen (secondary N) is 1. The quantitative estimate of drug-likeness (QED) is 0.856. The monoisotopic (exact) mass is 400 g/mol. The SMILES string of the molecule is CCS(=O)(=O)N1C[C@@H](C(=O)N[C@H]2CCCc3ccccc32)Oc2ccccc21. The molecule has 0 saturated heterocycles. The highest BCUT2D eigenvalue weighted by molar-refractivity contribution is 7.92. The van der Waals surface area contributed by atoms with Crippen LogP contribution in [0.3, 0.4) is 0 Å². The molecule has 0 aromatic heterocycles. The Morgan fingerprint density at radius 3 is 2.75 bits per heavy atom.